The molecule has 0 spiro atoms. The van der Waals surface area contributed by atoms with Crippen molar-refractivity contribution in [2.45, 2.75) is 0 Å². The molecule has 2 aromatic rings. The van der Waals surface area contributed by atoms with Gasteiger partial charge in [0.1, 0.15) is 0 Å². The van der Waals surface area contributed by atoms with Gasteiger partial charge in [0, 0.05) is 5.10 Å². The maximum absolute atomic E-state index is 5.86. The number of H-pyrrole nitrogens is 1. The minimum Gasteiger partial charge on any atom is -0.126 e. The fourth-order valence-corrected chi connectivity index (χ4v) is 1.31. The summed E-state index contributed by atoms with van der Waals surface area (Å²) in [5.74, 6) is 0. The minimum atomic E-state index is 0.512. The summed E-state index contributed by atoms with van der Waals surface area (Å²) in [6.45, 7) is 0. The van der Waals surface area contributed by atoms with E-state index in [1.807, 2.05) is 6.07 Å². The van der Waals surface area contributed by atoms with E-state index in [9.17, 15) is 0 Å². The second-order valence-electron chi connectivity index (χ2n) is 2.80. The lowest BCUT2D eigenvalue weighted by molar-refractivity contribution is -0.678. The van der Waals surface area contributed by atoms with Gasteiger partial charge < -0.3 is 0 Å². The lowest BCUT2D eigenvalue weighted by Crippen LogP contribution is -2.23. The molecule has 2 rings (SSSR count). The minimum absolute atomic E-state index is 0.512. The molecule has 0 bridgehead atoms. The molecule has 4 nitrogen and oxygen atoms in total. The summed E-state index contributed by atoms with van der Waals surface area (Å²) in [6, 6.07) is 5.30. The van der Waals surface area contributed by atoms with Gasteiger partial charge >= 0.3 is 0 Å². The van der Waals surface area contributed by atoms with E-state index in [0.29, 0.717) is 10.0 Å². The number of hydrogen-bond acceptors (Lipinski definition) is 2. The zero-order chi connectivity index (χ0) is 10.7. The molecule has 0 saturated heterocycles. The normalized spacial score (nSPS) is 11.1. The first kappa shape index (κ1) is 10.1. The topological polar surface area (TPSA) is 44.9 Å². The molecule has 1 aromatic heterocycles. The number of rotatable bonds is 2. The van der Waals surface area contributed by atoms with Crippen LogP contribution < -0.4 is 4.68 Å². The molecule has 76 valence electrons. The first-order valence-electron chi connectivity index (χ1n) is 4.15. The number of halogens is 2. The number of nitrogens with one attached hydrogen (secondary N) is 1. The maximum Gasteiger partial charge on any atom is 0.288 e. The van der Waals surface area contributed by atoms with Crippen LogP contribution in [0.2, 0.25) is 10.0 Å². The van der Waals surface area contributed by atoms with Crippen LogP contribution in [0, 0.1) is 0 Å². The van der Waals surface area contributed by atoms with Crippen molar-refractivity contribution >= 4 is 29.4 Å². The van der Waals surface area contributed by atoms with Crippen LogP contribution in [-0.4, -0.2) is 16.4 Å². The van der Waals surface area contributed by atoms with Gasteiger partial charge in [0.2, 0.25) is 6.33 Å². The zero-order valence-corrected chi connectivity index (χ0v) is 9.07. The summed E-state index contributed by atoms with van der Waals surface area (Å²) in [4.78, 5) is 0. The Morgan fingerprint density at radius 2 is 2.20 bits per heavy atom. The summed E-state index contributed by atoms with van der Waals surface area (Å²) in [5.41, 5.74) is 0.873. The molecule has 0 unspecified atom stereocenters. The van der Waals surface area contributed by atoms with Gasteiger partial charge in [-0.2, -0.15) is 0 Å². The number of hydrogen-bond donors (Lipinski definition) is 1. The van der Waals surface area contributed by atoms with Crippen LogP contribution in [0.4, 0.5) is 0 Å². The van der Waals surface area contributed by atoms with Gasteiger partial charge in [-0.3, -0.25) is 0 Å². The van der Waals surface area contributed by atoms with Crippen molar-refractivity contribution in [1.29, 1.82) is 0 Å². The molecule has 0 saturated carbocycles. The Labute approximate surface area is 96.2 Å². The summed E-state index contributed by atoms with van der Waals surface area (Å²) >= 11 is 11.6. The number of aromatic amines is 1. The van der Waals surface area contributed by atoms with E-state index in [1.165, 1.54) is 0 Å². The standard InChI is InChI=1S/C9H6Cl2N4/c10-8-2-1-7(3-9(8)11)4-14-15-5-12-13-6-15/h1-6H/p+1/b14-4+. The van der Waals surface area contributed by atoms with Gasteiger partial charge in [-0.25, -0.2) is 0 Å². The summed E-state index contributed by atoms with van der Waals surface area (Å²) in [7, 11) is 0. The molecular formula is C9H7Cl2N4+. The predicted molar refractivity (Wildman–Crippen MR) is 58.2 cm³/mol. The van der Waals surface area contributed by atoms with Gasteiger partial charge in [-0.15, -0.1) is 14.9 Å². The van der Waals surface area contributed by atoms with E-state index in [4.69, 9.17) is 23.2 Å². The summed E-state index contributed by atoms with van der Waals surface area (Å²) in [5, 5.41) is 11.5. The molecule has 1 N–H and O–H groups in total. The Bertz CT molecular complexity index is 479. The largest absolute Gasteiger partial charge is 0.288 e. The highest BCUT2D eigenvalue weighted by Gasteiger charge is 1.98. The Kier molecular flexibility index (Phi) is 2.99. The summed E-state index contributed by atoms with van der Waals surface area (Å²) < 4.78 is 1.54. The first-order valence-corrected chi connectivity index (χ1v) is 4.91. The van der Waals surface area contributed by atoms with Crippen LogP contribution in [0.25, 0.3) is 0 Å². The van der Waals surface area contributed by atoms with Crippen LogP contribution in [0.1, 0.15) is 5.56 Å². The average molecular weight is 242 g/mol. The van der Waals surface area contributed by atoms with E-state index in [2.05, 4.69) is 15.3 Å². The van der Waals surface area contributed by atoms with Crippen molar-refractivity contribution in [3.8, 4) is 0 Å². The molecule has 0 amide bonds. The highest BCUT2D eigenvalue weighted by atomic mass is 35.5. The van der Waals surface area contributed by atoms with Crippen molar-refractivity contribution in [3.63, 3.8) is 0 Å². The van der Waals surface area contributed by atoms with Crippen molar-refractivity contribution in [2.24, 2.45) is 5.10 Å². The quantitative estimate of drug-likeness (QED) is 0.634. The molecule has 0 aliphatic heterocycles. The van der Waals surface area contributed by atoms with Gasteiger partial charge in [0.15, 0.2) is 0 Å². The molecule has 1 aromatic carbocycles. The Morgan fingerprint density at radius 3 is 2.87 bits per heavy atom. The van der Waals surface area contributed by atoms with E-state index in [0.717, 1.165) is 5.56 Å². The van der Waals surface area contributed by atoms with Crippen molar-refractivity contribution in [2.75, 3.05) is 0 Å². The van der Waals surface area contributed by atoms with E-state index >= 15 is 0 Å². The fraction of sp³-hybridized carbons (Fsp3) is 0. The van der Waals surface area contributed by atoms with Gasteiger partial charge in [0.25, 0.3) is 6.33 Å². The molecule has 0 aliphatic carbocycles. The molecular weight excluding hydrogens is 235 g/mol. The average Bonchev–Trinajstić information content (AvgIpc) is 2.73. The first-order chi connectivity index (χ1) is 7.25. The van der Waals surface area contributed by atoms with Gasteiger partial charge in [-0.05, 0) is 17.7 Å². The highest BCUT2D eigenvalue weighted by Crippen LogP contribution is 2.21. The number of nitrogens with zero attached hydrogens (tertiary/aromatic N) is 3. The second kappa shape index (κ2) is 4.42. The smallest absolute Gasteiger partial charge is 0.126 e. The van der Waals surface area contributed by atoms with Crippen LogP contribution in [0.3, 0.4) is 0 Å². The molecule has 0 fully saturated rings. The van der Waals surface area contributed by atoms with Gasteiger partial charge in [0.05, 0.1) is 16.3 Å². The van der Waals surface area contributed by atoms with Crippen molar-refractivity contribution in [3.05, 3.63) is 46.5 Å². The van der Waals surface area contributed by atoms with Crippen molar-refractivity contribution < 1.29 is 4.68 Å². The van der Waals surface area contributed by atoms with E-state index < -0.39 is 0 Å². The molecule has 15 heavy (non-hydrogen) atoms. The lowest BCUT2D eigenvalue weighted by Gasteiger charge is -1.95. The molecule has 0 atom stereocenters. The van der Waals surface area contributed by atoms with E-state index in [-0.39, 0.29) is 0 Å². The fourth-order valence-electron chi connectivity index (χ4n) is 1.01. The lowest BCUT2D eigenvalue weighted by atomic mass is 10.2. The second-order valence-corrected chi connectivity index (χ2v) is 3.62. The SMILES string of the molecule is Clc1ccc(/C=N/[n+]2cn[nH]c2)cc1Cl. The van der Waals surface area contributed by atoms with Crippen LogP contribution >= 0.6 is 23.2 Å². The van der Waals surface area contributed by atoms with Crippen molar-refractivity contribution in [1.82, 2.24) is 10.2 Å². The molecule has 1 heterocycles. The number of benzene rings is 1. The Hall–Kier alpha value is -1.39. The monoisotopic (exact) mass is 241 g/mol. The van der Waals surface area contributed by atoms with E-state index in [1.54, 1.807) is 35.7 Å². The maximum atomic E-state index is 5.86. The summed E-state index contributed by atoms with van der Waals surface area (Å²) in [6.07, 6.45) is 4.83. The van der Waals surface area contributed by atoms with Crippen LogP contribution in [-0.2, 0) is 0 Å². The molecule has 6 heteroatoms. The molecule has 0 aliphatic rings. The van der Waals surface area contributed by atoms with Gasteiger partial charge in [-0.1, -0.05) is 29.3 Å². The number of aromatic nitrogens is 3. The predicted octanol–water partition coefficient (Wildman–Crippen LogP) is 1.89. The third-order valence-corrected chi connectivity index (χ3v) is 2.46. The third-order valence-electron chi connectivity index (χ3n) is 1.72. The third kappa shape index (κ3) is 2.55. The Balaban J connectivity index is 2.21. The Morgan fingerprint density at radius 1 is 1.33 bits per heavy atom. The molecule has 0 radical (unpaired) electrons. The van der Waals surface area contributed by atoms with Crippen LogP contribution in [0.5, 0.6) is 0 Å². The van der Waals surface area contributed by atoms with Crippen LogP contribution in [0.15, 0.2) is 36.0 Å². The zero-order valence-electron chi connectivity index (χ0n) is 7.56. The highest BCUT2D eigenvalue weighted by molar-refractivity contribution is 6.42.